The number of hydrogen-bond donors (Lipinski definition) is 1. The Morgan fingerprint density at radius 2 is 1.55 bits per heavy atom. The molecule has 1 unspecified atom stereocenters. The van der Waals surface area contributed by atoms with Gasteiger partial charge in [0.15, 0.2) is 0 Å². The van der Waals surface area contributed by atoms with Gasteiger partial charge in [-0.2, -0.15) is 0 Å². The molecule has 2 fully saturated rings. The van der Waals surface area contributed by atoms with E-state index in [2.05, 4.69) is 10.2 Å². The van der Waals surface area contributed by atoms with E-state index in [9.17, 15) is 14.4 Å². The van der Waals surface area contributed by atoms with Crippen molar-refractivity contribution in [1.29, 1.82) is 0 Å². The summed E-state index contributed by atoms with van der Waals surface area (Å²) in [5.41, 5.74) is 0.933. The molecule has 2 heterocycles. The molecule has 2 aliphatic rings. The molecule has 1 aromatic rings. The van der Waals surface area contributed by atoms with E-state index in [1.165, 1.54) is 18.9 Å². The van der Waals surface area contributed by atoms with Crippen LogP contribution in [0.2, 0.25) is 0 Å². The minimum Gasteiger partial charge on any atom is -0.342 e. The molecule has 0 aliphatic carbocycles. The van der Waals surface area contributed by atoms with Gasteiger partial charge in [0, 0.05) is 45.3 Å². The molecule has 0 aromatic heterocycles. The van der Waals surface area contributed by atoms with E-state index in [0.29, 0.717) is 32.7 Å². The van der Waals surface area contributed by atoms with Crippen molar-refractivity contribution in [3.63, 3.8) is 0 Å². The average Bonchev–Trinajstić information content (AvgIpc) is 3.08. The quantitative estimate of drug-likeness (QED) is 0.704. The summed E-state index contributed by atoms with van der Waals surface area (Å²) in [5, 5.41) is 2.75. The van der Waals surface area contributed by atoms with Crippen LogP contribution in [0.1, 0.15) is 38.2 Å². The average molecular weight is 427 g/mol. The lowest BCUT2D eigenvalue weighted by atomic mass is 10.2. The molecule has 1 aromatic carbocycles. The predicted octanol–water partition coefficient (Wildman–Crippen LogP) is 1.75. The first-order valence-corrected chi connectivity index (χ1v) is 11.4. The number of nitrogens with one attached hydrogen (secondary N) is 1. The van der Waals surface area contributed by atoms with Crippen LogP contribution >= 0.6 is 0 Å². The standard InChI is InChI=1S/C24H34N4O3/c1-20(25-22(29)12-11-21-9-5-4-6-10-21)24(31)28-17-15-26(16-18-28)19-23(30)27-13-7-2-3-8-14-27/h4-6,9-12,20H,2-3,7-8,13-19H2,1H3,(H,25,29)/b12-11+. The van der Waals surface area contributed by atoms with Gasteiger partial charge >= 0.3 is 0 Å². The van der Waals surface area contributed by atoms with Crippen molar-refractivity contribution in [3.8, 4) is 0 Å². The molecule has 0 spiro atoms. The van der Waals surface area contributed by atoms with Gasteiger partial charge in [-0.1, -0.05) is 43.2 Å². The van der Waals surface area contributed by atoms with Crippen LogP contribution in [-0.4, -0.2) is 84.3 Å². The maximum atomic E-state index is 12.7. The topological polar surface area (TPSA) is 73.0 Å². The Morgan fingerprint density at radius 3 is 2.19 bits per heavy atom. The number of likely N-dealkylation sites (tertiary alicyclic amines) is 1. The third-order valence-corrected chi connectivity index (χ3v) is 5.96. The maximum absolute atomic E-state index is 12.7. The van der Waals surface area contributed by atoms with Crippen LogP contribution in [0.15, 0.2) is 36.4 Å². The van der Waals surface area contributed by atoms with Crippen LogP contribution in [0.5, 0.6) is 0 Å². The molecule has 3 amide bonds. The summed E-state index contributed by atoms with van der Waals surface area (Å²) >= 11 is 0. The number of nitrogens with zero attached hydrogens (tertiary/aromatic N) is 3. The van der Waals surface area contributed by atoms with Crippen LogP contribution in [0.4, 0.5) is 0 Å². The Labute approximate surface area is 185 Å². The molecule has 1 atom stereocenters. The van der Waals surface area contributed by atoms with E-state index in [1.807, 2.05) is 35.2 Å². The van der Waals surface area contributed by atoms with Gasteiger partial charge in [-0.25, -0.2) is 0 Å². The molecule has 1 N–H and O–H groups in total. The first kappa shape index (κ1) is 23.0. The summed E-state index contributed by atoms with van der Waals surface area (Å²) in [7, 11) is 0. The van der Waals surface area contributed by atoms with Crippen molar-refractivity contribution >= 4 is 23.8 Å². The Bertz CT molecular complexity index is 764. The molecule has 31 heavy (non-hydrogen) atoms. The Kier molecular flexibility index (Phi) is 8.64. The van der Waals surface area contributed by atoms with Gasteiger partial charge in [-0.15, -0.1) is 0 Å². The van der Waals surface area contributed by atoms with Gasteiger partial charge in [0.05, 0.1) is 6.54 Å². The molecule has 0 saturated carbocycles. The van der Waals surface area contributed by atoms with Crippen LogP contribution in [-0.2, 0) is 14.4 Å². The van der Waals surface area contributed by atoms with Crippen molar-refractivity contribution in [2.24, 2.45) is 0 Å². The number of carbonyl (C=O) groups is 3. The third-order valence-electron chi connectivity index (χ3n) is 5.96. The van der Waals surface area contributed by atoms with Crippen molar-refractivity contribution < 1.29 is 14.4 Å². The van der Waals surface area contributed by atoms with E-state index in [0.717, 1.165) is 31.5 Å². The van der Waals surface area contributed by atoms with E-state index < -0.39 is 6.04 Å². The van der Waals surface area contributed by atoms with Crippen molar-refractivity contribution in [1.82, 2.24) is 20.0 Å². The SMILES string of the molecule is CC(NC(=O)/C=C/c1ccccc1)C(=O)N1CCN(CC(=O)N2CCCCCC2)CC1. The minimum absolute atomic E-state index is 0.0834. The molecule has 168 valence electrons. The molecule has 7 heteroatoms. The number of piperazine rings is 1. The van der Waals surface area contributed by atoms with Crippen molar-refractivity contribution in [2.45, 2.75) is 38.6 Å². The number of rotatable bonds is 6. The summed E-state index contributed by atoms with van der Waals surface area (Å²) < 4.78 is 0. The van der Waals surface area contributed by atoms with E-state index in [1.54, 1.807) is 17.9 Å². The molecular formula is C24H34N4O3. The number of amides is 3. The van der Waals surface area contributed by atoms with Gasteiger partial charge in [0.2, 0.25) is 17.7 Å². The second-order valence-electron chi connectivity index (χ2n) is 8.37. The van der Waals surface area contributed by atoms with Crippen molar-refractivity contribution in [3.05, 3.63) is 42.0 Å². The second kappa shape index (κ2) is 11.6. The van der Waals surface area contributed by atoms with Crippen LogP contribution in [0.25, 0.3) is 6.08 Å². The maximum Gasteiger partial charge on any atom is 0.244 e. The predicted molar refractivity (Wildman–Crippen MR) is 121 cm³/mol. The zero-order valence-corrected chi connectivity index (χ0v) is 18.5. The molecule has 2 saturated heterocycles. The summed E-state index contributed by atoms with van der Waals surface area (Å²) in [6.07, 6.45) is 7.79. The lowest BCUT2D eigenvalue weighted by molar-refractivity contribution is -0.137. The van der Waals surface area contributed by atoms with Crippen molar-refractivity contribution in [2.75, 3.05) is 45.8 Å². The van der Waals surface area contributed by atoms with Gasteiger partial charge in [-0.05, 0) is 31.4 Å². The first-order chi connectivity index (χ1) is 15.0. The van der Waals surface area contributed by atoms with E-state index in [4.69, 9.17) is 0 Å². The molecule has 2 aliphatic heterocycles. The lowest BCUT2D eigenvalue weighted by Gasteiger charge is -2.36. The highest BCUT2D eigenvalue weighted by atomic mass is 16.2. The minimum atomic E-state index is -0.585. The summed E-state index contributed by atoms with van der Waals surface area (Å²) in [5.74, 6) is -0.168. The smallest absolute Gasteiger partial charge is 0.244 e. The second-order valence-corrected chi connectivity index (χ2v) is 8.37. The van der Waals surface area contributed by atoms with E-state index in [-0.39, 0.29) is 17.7 Å². The fourth-order valence-electron chi connectivity index (χ4n) is 4.07. The normalized spacial score (nSPS) is 19.1. The first-order valence-electron chi connectivity index (χ1n) is 11.4. The summed E-state index contributed by atoms with van der Waals surface area (Å²) in [6.45, 7) is 6.39. The fourth-order valence-corrected chi connectivity index (χ4v) is 4.07. The van der Waals surface area contributed by atoms with Gasteiger partial charge < -0.3 is 15.1 Å². The highest BCUT2D eigenvalue weighted by molar-refractivity contribution is 5.95. The zero-order chi connectivity index (χ0) is 22.1. The van der Waals surface area contributed by atoms with Crippen LogP contribution in [0.3, 0.4) is 0 Å². The molecule has 7 nitrogen and oxygen atoms in total. The number of hydrogen-bond acceptors (Lipinski definition) is 4. The monoisotopic (exact) mass is 426 g/mol. The largest absolute Gasteiger partial charge is 0.342 e. The molecule has 0 bridgehead atoms. The van der Waals surface area contributed by atoms with Crippen LogP contribution in [0, 0.1) is 0 Å². The lowest BCUT2D eigenvalue weighted by Crippen LogP contribution is -2.55. The van der Waals surface area contributed by atoms with E-state index >= 15 is 0 Å². The third kappa shape index (κ3) is 7.21. The Morgan fingerprint density at radius 1 is 0.903 bits per heavy atom. The number of carbonyl (C=O) groups excluding carboxylic acids is 3. The molecule has 3 rings (SSSR count). The van der Waals surface area contributed by atoms with Gasteiger partial charge in [-0.3, -0.25) is 19.3 Å². The highest BCUT2D eigenvalue weighted by Crippen LogP contribution is 2.11. The Hall–Kier alpha value is -2.67. The summed E-state index contributed by atoms with van der Waals surface area (Å²) in [4.78, 5) is 43.3. The highest BCUT2D eigenvalue weighted by Gasteiger charge is 2.27. The van der Waals surface area contributed by atoms with Crippen LogP contribution < -0.4 is 5.32 Å². The van der Waals surface area contributed by atoms with Gasteiger partial charge in [0.1, 0.15) is 6.04 Å². The number of benzene rings is 1. The molecular weight excluding hydrogens is 392 g/mol. The zero-order valence-electron chi connectivity index (χ0n) is 18.5. The Balaban J connectivity index is 1.40. The fraction of sp³-hybridized carbons (Fsp3) is 0.542. The van der Waals surface area contributed by atoms with Gasteiger partial charge in [0.25, 0.3) is 0 Å². The molecule has 0 radical (unpaired) electrons. The summed E-state index contributed by atoms with van der Waals surface area (Å²) in [6, 6.07) is 8.97.